The van der Waals surface area contributed by atoms with Crippen LogP contribution in [0.5, 0.6) is 5.75 Å². The molecule has 0 aromatic heterocycles. The highest BCUT2D eigenvalue weighted by Gasteiger charge is 2.23. The van der Waals surface area contributed by atoms with E-state index in [0.717, 1.165) is 30.2 Å². The SMILES string of the molecule is CC(C)(C)c1ccc2c(c1Cl)OCCC2. The van der Waals surface area contributed by atoms with Gasteiger partial charge in [-0.15, -0.1) is 0 Å². The Bertz CT molecular complexity index is 377. The molecule has 0 N–H and O–H groups in total. The van der Waals surface area contributed by atoms with Gasteiger partial charge < -0.3 is 4.74 Å². The summed E-state index contributed by atoms with van der Waals surface area (Å²) in [6.45, 7) is 7.30. The molecule has 0 atom stereocenters. The molecule has 1 aliphatic heterocycles. The summed E-state index contributed by atoms with van der Waals surface area (Å²) in [6.07, 6.45) is 2.18. The molecular weight excluding hydrogens is 208 g/mol. The van der Waals surface area contributed by atoms with Crippen LogP contribution >= 0.6 is 11.6 Å². The van der Waals surface area contributed by atoms with Crippen LogP contribution in [-0.2, 0) is 11.8 Å². The quantitative estimate of drug-likeness (QED) is 0.648. The first kappa shape index (κ1) is 10.8. The number of hydrogen-bond donors (Lipinski definition) is 0. The Morgan fingerprint density at radius 2 is 2.00 bits per heavy atom. The van der Waals surface area contributed by atoms with Crippen LogP contribution < -0.4 is 4.74 Å². The van der Waals surface area contributed by atoms with Crippen molar-refractivity contribution >= 4 is 11.6 Å². The molecule has 0 fully saturated rings. The molecule has 0 spiro atoms. The van der Waals surface area contributed by atoms with Crippen LogP contribution in [0.25, 0.3) is 0 Å². The molecule has 0 bridgehead atoms. The van der Waals surface area contributed by atoms with Crippen molar-refractivity contribution in [1.29, 1.82) is 0 Å². The van der Waals surface area contributed by atoms with Gasteiger partial charge in [0.15, 0.2) is 0 Å². The van der Waals surface area contributed by atoms with Gasteiger partial charge in [-0.1, -0.05) is 44.5 Å². The third kappa shape index (κ3) is 1.98. The van der Waals surface area contributed by atoms with Crippen molar-refractivity contribution in [3.8, 4) is 5.75 Å². The van der Waals surface area contributed by atoms with Crippen molar-refractivity contribution in [1.82, 2.24) is 0 Å². The van der Waals surface area contributed by atoms with E-state index in [-0.39, 0.29) is 5.41 Å². The van der Waals surface area contributed by atoms with E-state index in [2.05, 4.69) is 32.9 Å². The molecular formula is C13H17ClO. The minimum absolute atomic E-state index is 0.0763. The lowest BCUT2D eigenvalue weighted by Gasteiger charge is -2.25. The number of halogens is 1. The van der Waals surface area contributed by atoms with Gasteiger partial charge in [0, 0.05) is 0 Å². The van der Waals surface area contributed by atoms with Crippen LogP contribution in [0.4, 0.5) is 0 Å². The predicted octanol–water partition coefficient (Wildman–Crippen LogP) is 3.96. The average Bonchev–Trinajstić information content (AvgIpc) is 2.16. The molecule has 1 nitrogen and oxygen atoms in total. The smallest absolute Gasteiger partial charge is 0.141 e. The van der Waals surface area contributed by atoms with Crippen molar-refractivity contribution in [3.63, 3.8) is 0 Å². The second-order valence-electron chi connectivity index (χ2n) is 5.12. The predicted molar refractivity (Wildman–Crippen MR) is 64.0 cm³/mol. The minimum atomic E-state index is 0.0763. The summed E-state index contributed by atoms with van der Waals surface area (Å²) < 4.78 is 5.66. The van der Waals surface area contributed by atoms with Gasteiger partial charge in [0.25, 0.3) is 0 Å². The van der Waals surface area contributed by atoms with E-state index in [9.17, 15) is 0 Å². The van der Waals surface area contributed by atoms with Crippen LogP contribution in [0.1, 0.15) is 38.3 Å². The van der Waals surface area contributed by atoms with Crippen LogP contribution in [0, 0.1) is 0 Å². The van der Waals surface area contributed by atoms with Gasteiger partial charge in [-0.25, -0.2) is 0 Å². The highest BCUT2D eigenvalue weighted by atomic mass is 35.5. The van der Waals surface area contributed by atoms with E-state index in [1.165, 1.54) is 11.1 Å². The van der Waals surface area contributed by atoms with E-state index >= 15 is 0 Å². The summed E-state index contributed by atoms with van der Waals surface area (Å²) >= 11 is 6.39. The van der Waals surface area contributed by atoms with Crippen LogP contribution in [0.15, 0.2) is 12.1 Å². The summed E-state index contributed by atoms with van der Waals surface area (Å²) in [7, 11) is 0. The lowest BCUT2D eigenvalue weighted by atomic mass is 9.85. The first-order valence-electron chi connectivity index (χ1n) is 5.45. The summed E-state index contributed by atoms with van der Waals surface area (Å²) in [4.78, 5) is 0. The molecule has 1 aromatic rings. The fourth-order valence-corrected chi connectivity index (χ4v) is 2.49. The van der Waals surface area contributed by atoms with Crippen molar-refractivity contribution in [2.45, 2.75) is 39.0 Å². The number of aryl methyl sites for hydroxylation is 1. The minimum Gasteiger partial charge on any atom is -0.492 e. The third-order valence-corrected chi connectivity index (χ3v) is 3.20. The Morgan fingerprint density at radius 1 is 1.27 bits per heavy atom. The van der Waals surface area contributed by atoms with E-state index in [0.29, 0.717) is 0 Å². The van der Waals surface area contributed by atoms with Crippen LogP contribution in [0.3, 0.4) is 0 Å². The Balaban J connectivity index is 2.53. The number of rotatable bonds is 0. The molecule has 0 saturated carbocycles. The lowest BCUT2D eigenvalue weighted by molar-refractivity contribution is 0.287. The molecule has 0 aliphatic carbocycles. The Hall–Kier alpha value is -0.690. The third-order valence-electron chi connectivity index (χ3n) is 2.82. The molecule has 0 radical (unpaired) electrons. The maximum Gasteiger partial charge on any atom is 0.141 e. The first-order chi connectivity index (χ1) is 7.00. The number of fused-ring (bicyclic) bond motifs is 1. The Kier molecular flexibility index (Phi) is 2.68. The highest BCUT2D eigenvalue weighted by molar-refractivity contribution is 6.33. The highest BCUT2D eigenvalue weighted by Crippen LogP contribution is 2.40. The van der Waals surface area contributed by atoms with Crippen molar-refractivity contribution in [2.75, 3.05) is 6.61 Å². The van der Waals surface area contributed by atoms with E-state index in [1.807, 2.05) is 0 Å². The largest absolute Gasteiger partial charge is 0.492 e. The van der Waals surface area contributed by atoms with E-state index in [4.69, 9.17) is 16.3 Å². The topological polar surface area (TPSA) is 9.23 Å². The molecule has 0 unspecified atom stereocenters. The summed E-state index contributed by atoms with van der Waals surface area (Å²) in [5, 5.41) is 0.805. The van der Waals surface area contributed by atoms with Crippen LogP contribution in [-0.4, -0.2) is 6.61 Å². The molecule has 82 valence electrons. The Morgan fingerprint density at radius 3 is 2.67 bits per heavy atom. The first-order valence-corrected chi connectivity index (χ1v) is 5.82. The van der Waals surface area contributed by atoms with Gasteiger partial charge in [0.05, 0.1) is 11.6 Å². The molecule has 0 saturated heterocycles. The van der Waals surface area contributed by atoms with E-state index in [1.54, 1.807) is 0 Å². The average molecular weight is 225 g/mol. The molecule has 0 amide bonds. The standard InChI is InChI=1S/C13H17ClO/c1-13(2,3)10-7-6-9-5-4-8-15-12(9)11(10)14/h6-7H,4-5,8H2,1-3H3. The van der Waals surface area contributed by atoms with Gasteiger partial charge in [-0.2, -0.15) is 0 Å². The molecule has 1 aromatic carbocycles. The van der Waals surface area contributed by atoms with Gasteiger partial charge in [0.1, 0.15) is 5.75 Å². The molecule has 15 heavy (non-hydrogen) atoms. The molecule has 2 rings (SSSR count). The number of benzene rings is 1. The second-order valence-corrected chi connectivity index (χ2v) is 5.50. The van der Waals surface area contributed by atoms with Crippen molar-refractivity contribution < 1.29 is 4.74 Å². The van der Waals surface area contributed by atoms with E-state index < -0.39 is 0 Å². The fraction of sp³-hybridized carbons (Fsp3) is 0.538. The molecule has 1 aliphatic rings. The zero-order valence-electron chi connectivity index (χ0n) is 9.56. The normalized spacial score (nSPS) is 15.7. The summed E-state index contributed by atoms with van der Waals surface area (Å²) in [6, 6.07) is 4.29. The van der Waals surface area contributed by atoms with Gasteiger partial charge in [-0.3, -0.25) is 0 Å². The zero-order chi connectivity index (χ0) is 11.1. The molecule has 2 heteroatoms. The lowest BCUT2D eigenvalue weighted by Crippen LogP contribution is -2.15. The Labute approximate surface area is 96.4 Å². The molecule has 1 heterocycles. The zero-order valence-corrected chi connectivity index (χ0v) is 10.3. The van der Waals surface area contributed by atoms with Crippen LogP contribution in [0.2, 0.25) is 5.02 Å². The van der Waals surface area contributed by atoms with Crippen molar-refractivity contribution in [3.05, 3.63) is 28.3 Å². The van der Waals surface area contributed by atoms with Crippen molar-refractivity contribution in [2.24, 2.45) is 0 Å². The second kappa shape index (κ2) is 3.71. The van der Waals surface area contributed by atoms with Gasteiger partial charge in [0.2, 0.25) is 0 Å². The van der Waals surface area contributed by atoms with Gasteiger partial charge >= 0.3 is 0 Å². The maximum atomic E-state index is 6.39. The van der Waals surface area contributed by atoms with Gasteiger partial charge in [-0.05, 0) is 29.4 Å². The fourth-order valence-electron chi connectivity index (χ4n) is 1.97. The number of hydrogen-bond acceptors (Lipinski definition) is 1. The summed E-state index contributed by atoms with van der Waals surface area (Å²) in [5.74, 6) is 0.912. The number of ether oxygens (including phenoxy) is 1. The summed E-state index contributed by atoms with van der Waals surface area (Å²) in [5.41, 5.74) is 2.50. The monoisotopic (exact) mass is 224 g/mol. The maximum absolute atomic E-state index is 6.39.